The fourth-order valence-corrected chi connectivity index (χ4v) is 2.69. The van der Waals surface area contributed by atoms with Crippen LogP contribution in [-0.4, -0.2) is 18.6 Å². The standard InChI is InChI=1S/C9H13N3O2/c1-5-2-8-6(3-9(13)14-8)7(5)4-11-12-10/h5-8H,2-4H2,1H3/t5-,6-,7+,8?/m1/s1. The summed E-state index contributed by atoms with van der Waals surface area (Å²) in [6, 6.07) is 0. The van der Waals surface area contributed by atoms with E-state index in [1.165, 1.54) is 0 Å². The smallest absolute Gasteiger partial charge is 0.306 e. The van der Waals surface area contributed by atoms with Crippen molar-refractivity contribution in [2.45, 2.75) is 25.9 Å². The van der Waals surface area contributed by atoms with Gasteiger partial charge in [-0.25, -0.2) is 0 Å². The van der Waals surface area contributed by atoms with Gasteiger partial charge in [0.2, 0.25) is 0 Å². The Morgan fingerprint density at radius 1 is 1.71 bits per heavy atom. The lowest BCUT2D eigenvalue weighted by atomic mass is 9.89. The van der Waals surface area contributed by atoms with Crippen LogP contribution in [0.2, 0.25) is 0 Å². The zero-order valence-electron chi connectivity index (χ0n) is 8.09. The number of azide groups is 1. The minimum atomic E-state index is -0.0992. The molecule has 2 aliphatic rings. The number of carbonyl (C=O) groups excluding carboxylic acids is 1. The van der Waals surface area contributed by atoms with E-state index >= 15 is 0 Å². The highest BCUT2D eigenvalue weighted by molar-refractivity contribution is 5.72. The summed E-state index contributed by atoms with van der Waals surface area (Å²) in [5.41, 5.74) is 8.27. The molecule has 76 valence electrons. The van der Waals surface area contributed by atoms with E-state index in [-0.39, 0.29) is 18.0 Å². The fraction of sp³-hybridized carbons (Fsp3) is 0.889. The number of fused-ring (bicyclic) bond motifs is 1. The van der Waals surface area contributed by atoms with Crippen LogP contribution in [0, 0.1) is 17.8 Å². The quantitative estimate of drug-likeness (QED) is 0.292. The second kappa shape index (κ2) is 3.50. The highest BCUT2D eigenvalue weighted by Crippen LogP contribution is 2.44. The summed E-state index contributed by atoms with van der Waals surface area (Å²) >= 11 is 0. The van der Waals surface area contributed by atoms with Gasteiger partial charge in [-0.2, -0.15) is 0 Å². The summed E-state index contributed by atoms with van der Waals surface area (Å²) in [6.07, 6.45) is 1.50. The van der Waals surface area contributed by atoms with Gasteiger partial charge < -0.3 is 4.74 Å². The molecule has 1 aliphatic carbocycles. The second-order valence-corrected chi connectivity index (χ2v) is 4.19. The lowest BCUT2D eigenvalue weighted by molar-refractivity contribution is -0.141. The summed E-state index contributed by atoms with van der Waals surface area (Å²) in [6.45, 7) is 2.62. The Balaban J connectivity index is 2.07. The molecule has 1 saturated heterocycles. The molecule has 1 aliphatic heterocycles. The monoisotopic (exact) mass is 195 g/mol. The van der Waals surface area contributed by atoms with Crippen LogP contribution in [0.1, 0.15) is 19.8 Å². The van der Waals surface area contributed by atoms with Crippen LogP contribution in [-0.2, 0) is 9.53 Å². The van der Waals surface area contributed by atoms with Gasteiger partial charge in [-0.15, -0.1) is 0 Å². The van der Waals surface area contributed by atoms with Crippen molar-refractivity contribution in [3.63, 3.8) is 0 Å². The number of esters is 1. The third-order valence-electron chi connectivity index (χ3n) is 3.40. The Morgan fingerprint density at radius 2 is 2.50 bits per heavy atom. The zero-order chi connectivity index (χ0) is 10.1. The van der Waals surface area contributed by atoms with Gasteiger partial charge in [-0.3, -0.25) is 4.79 Å². The number of nitrogens with zero attached hydrogens (tertiary/aromatic N) is 3. The average Bonchev–Trinajstić information content (AvgIpc) is 2.58. The number of ether oxygens (including phenoxy) is 1. The van der Waals surface area contributed by atoms with E-state index in [9.17, 15) is 4.79 Å². The molecule has 0 spiro atoms. The predicted octanol–water partition coefficient (Wildman–Crippen LogP) is 1.88. The summed E-state index contributed by atoms with van der Waals surface area (Å²) in [7, 11) is 0. The Hall–Kier alpha value is -1.22. The zero-order valence-corrected chi connectivity index (χ0v) is 8.09. The molecule has 1 saturated carbocycles. The SMILES string of the molecule is C[C@@H]1CC2OC(=O)C[C@@H]2[C@H]1CN=[N+]=[N-]. The normalized spacial score (nSPS) is 40.2. The van der Waals surface area contributed by atoms with Crippen LogP contribution in [0.15, 0.2) is 5.11 Å². The molecule has 2 fully saturated rings. The van der Waals surface area contributed by atoms with E-state index in [0.717, 1.165) is 6.42 Å². The Labute approximate surface area is 82.1 Å². The van der Waals surface area contributed by atoms with Gasteiger partial charge in [0, 0.05) is 17.4 Å². The molecule has 5 heteroatoms. The molecule has 0 bridgehead atoms. The Bertz CT molecular complexity index is 298. The molecular weight excluding hydrogens is 182 g/mol. The Kier molecular flexibility index (Phi) is 2.33. The van der Waals surface area contributed by atoms with Crippen LogP contribution in [0.5, 0.6) is 0 Å². The molecule has 0 aromatic carbocycles. The summed E-state index contributed by atoms with van der Waals surface area (Å²) in [5.74, 6) is 0.992. The van der Waals surface area contributed by atoms with Gasteiger partial charge in [0.05, 0.1) is 6.42 Å². The van der Waals surface area contributed by atoms with Crippen molar-refractivity contribution >= 4 is 5.97 Å². The first kappa shape index (κ1) is 9.34. The third kappa shape index (κ3) is 1.44. The van der Waals surface area contributed by atoms with E-state index in [4.69, 9.17) is 10.3 Å². The molecule has 4 atom stereocenters. The molecule has 0 aromatic rings. The molecule has 0 radical (unpaired) electrons. The van der Waals surface area contributed by atoms with E-state index in [0.29, 0.717) is 24.8 Å². The van der Waals surface area contributed by atoms with Gasteiger partial charge in [-0.05, 0) is 23.8 Å². The first-order valence-corrected chi connectivity index (χ1v) is 4.92. The molecular formula is C9H13N3O2. The highest BCUT2D eigenvalue weighted by atomic mass is 16.6. The van der Waals surface area contributed by atoms with E-state index in [1.807, 2.05) is 0 Å². The molecule has 5 nitrogen and oxygen atoms in total. The van der Waals surface area contributed by atoms with Crippen LogP contribution < -0.4 is 0 Å². The number of hydrogen-bond donors (Lipinski definition) is 0. The van der Waals surface area contributed by atoms with Crippen LogP contribution in [0.4, 0.5) is 0 Å². The van der Waals surface area contributed by atoms with Crippen LogP contribution >= 0.6 is 0 Å². The summed E-state index contributed by atoms with van der Waals surface area (Å²) in [5, 5.41) is 3.60. The van der Waals surface area contributed by atoms with Crippen LogP contribution in [0.3, 0.4) is 0 Å². The van der Waals surface area contributed by atoms with Crippen molar-refractivity contribution < 1.29 is 9.53 Å². The molecule has 1 unspecified atom stereocenters. The predicted molar refractivity (Wildman–Crippen MR) is 49.3 cm³/mol. The van der Waals surface area contributed by atoms with Gasteiger partial charge >= 0.3 is 5.97 Å². The second-order valence-electron chi connectivity index (χ2n) is 4.19. The van der Waals surface area contributed by atoms with E-state index in [1.54, 1.807) is 0 Å². The van der Waals surface area contributed by atoms with Gasteiger partial charge in [0.1, 0.15) is 6.10 Å². The topological polar surface area (TPSA) is 75.1 Å². The van der Waals surface area contributed by atoms with Crippen molar-refractivity contribution in [3.05, 3.63) is 10.4 Å². The minimum Gasteiger partial charge on any atom is -0.462 e. The van der Waals surface area contributed by atoms with Crippen molar-refractivity contribution in [2.24, 2.45) is 22.9 Å². The molecule has 0 N–H and O–H groups in total. The number of hydrogen-bond acceptors (Lipinski definition) is 3. The summed E-state index contributed by atoms with van der Waals surface area (Å²) in [4.78, 5) is 13.8. The van der Waals surface area contributed by atoms with Crippen molar-refractivity contribution in [1.82, 2.24) is 0 Å². The van der Waals surface area contributed by atoms with Crippen LogP contribution in [0.25, 0.3) is 10.4 Å². The first-order chi connectivity index (χ1) is 6.72. The molecule has 2 rings (SSSR count). The van der Waals surface area contributed by atoms with Gasteiger partial charge in [0.15, 0.2) is 0 Å². The van der Waals surface area contributed by atoms with E-state index in [2.05, 4.69) is 16.9 Å². The fourth-order valence-electron chi connectivity index (χ4n) is 2.69. The lowest BCUT2D eigenvalue weighted by Crippen LogP contribution is -2.18. The average molecular weight is 195 g/mol. The molecule has 0 amide bonds. The van der Waals surface area contributed by atoms with Crippen molar-refractivity contribution in [1.29, 1.82) is 0 Å². The van der Waals surface area contributed by atoms with Crippen molar-refractivity contribution in [3.8, 4) is 0 Å². The summed E-state index contributed by atoms with van der Waals surface area (Å²) < 4.78 is 5.19. The molecule has 14 heavy (non-hydrogen) atoms. The van der Waals surface area contributed by atoms with E-state index < -0.39 is 0 Å². The lowest BCUT2D eigenvalue weighted by Gasteiger charge is -2.16. The maximum Gasteiger partial charge on any atom is 0.306 e. The highest BCUT2D eigenvalue weighted by Gasteiger charge is 2.47. The largest absolute Gasteiger partial charge is 0.462 e. The molecule has 1 heterocycles. The maximum absolute atomic E-state index is 11.1. The first-order valence-electron chi connectivity index (χ1n) is 4.92. The molecule has 0 aromatic heterocycles. The van der Waals surface area contributed by atoms with Gasteiger partial charge in [-0.1, -0.05) is 12.0 Å². The third-order valence-corrected chi connectivity index (χ3v) is 3.40. The van der Waals surface area contributed by atoms with Gasteiger partial charge in [0.25, 0.3) is 0 Å². The number of carbonyl (C=O) groups is 1. The maximum atomic E-state index is 11.1. The van der Waals surface area contributed by atoms with Crippen molar-refractivity contribution in [2.75, 3.05) is 6.54 Å². The Morgan fingerprint density at radius 3 is 3.21 bits per heavy atom. The number of rotatable bonds is 2. The minimum absolute atomic E-state index is 0.0800.